The van der Waals surface area contributed by atoms with Gasteiger partial charge in [0.2, 0.25) is 0 Å². The Bertz CT molecular complexity index is 573. The van der Waals surface area contributed by atoms with Gasteiger partial charge in [0.25, 0.3) is 0 Å². The minimum atomic E-state index is -0.632. The molecule has 5 nitrogen and oxygen atoms in total. The number of hydrogen-bond donors (Lipinski definition) is 0. The first-order chi connectivity index (χ1) is 10.7. The summed E-state index contributed by atoms with van der Waals surface area (Å²) in [7, 11) is 1.55. The average Bonchev–Trinajstić information content (AvgIpc) is 2.53. The first-order valence-electron chi connectivity index (χ1n) is 7.26. The highest BCUT2D eigenvalue weighted by Gasteiger charge is 2.11. The Kier molecular flexibility index (Phi) is 7.55. The molecule has 1 aromatic carbocycles. The highest BCUT2D eigenvalue weighted by atomic mass is 16.5. The van der Waals surface area contributed by atoms with Gasteiger partial charge in [-0.2, -0.15) is 5.26 Å². The summed E-state index contributed by atoms with van der Waals surface area (Å²) in [6.45, 7) is 4.63. The van der Waals surface area contributed by atoms with Crippen molar-refractivity contribution in [2.75, 3.05) is 20.3 Å². The third-order valence-corrected chi connectivity index (χ3v) is 2.87. The summed E-state index contributed by atoms with van der Waals surface area (Å²) in [6.07, 6.45) is 3.48. The van der Waals surface area contributed by atoms with Gasteiger partial charge in [-0.25, -0.2) is 4.79 Å². The molecule has 0 aromatic heterocycles. The Morgan fingerprint density at radius 2 is 2.09 bits per heavy atom. The lowest BCUT2D eigenvalue weighted by Crippen LogP contribution is -2.06. The van der Waals surface area contributed by atoms with Crippen molar-refractivity contribution in [3.63, 3.8) is 0 Å². The number of carbonyl (C=O) groups excluding carboxylic acids is 1. The van der Waals surface area contributed by atoms with E-state index in [9.17, 15) is 4.79 Å². The first kappa shape index (κ1) is 17.6. The molecule has 0 aliphatic carbocycles. The van der Waals surface area contributed by atoms with Gasteiger partial charge in [-0.1, -0.05) is 19.4 Å². The van der Waals surface area contributed by atoms with E-state index in [0.717, 1.165) is 12.8 Å². The summed E-state index contributed by atoms with van der Waals surface area (Å²) in [5, 5.41) is 9.03. The third kappa shape index (κ3) is 5.13. The van der Waals surface area contributed by atoms with Crippen molar-refractivity contribution in [1.82, 2.24) is 0 Å². The summed E-state index contributed by atoms with van der Waals surface area (Å²) in [4.78, 5) is 11.6. The van der Waals surface area contributed by atoms with Crippen LogP contribution in [0.1, 0.15) is 32.3 Å². The fraction of sp³-hybridized carbons (Fsp3) is 0.412. The van der Waals surface area contributed by atoms with Crippen molar-refractivity contribution in [1.29, 1.82) is 5.26 Å². The number of esters is 1. The number of unbranched alkanes of at least 4 members (excludes halogenated alkanes) is 1. The average molecular weight is 303 g/mol. The van der Waals surface area contributed by atoms with Crippen LogP contribution in [0.3, 0.4) is 0 Å². The maximum absolute atomic E-state index is 11.6. The lowest BCUT2D eigenvalue weighted by Gasteiger charge is -2.11. The van der Waals surface area contributed by atoms with E-state index in [-0.39, 0.29) is 12.2 Å². The highest BCUT2D eigenvalue weighted by Crippen LogP contribution is 2.29. The zero-order chi connectivity index (χ0) is 16.4. The molecule has 1 aromatic rings. The van der Waals surface area contributed by atoms with Crippen LogP contribution in [-0.2, 0) is 9.53 Å². The van der Waals surface area contributed by atoms with E-state index in [1.807, 2.05) is 6.07 Å². The standard InChI is InChI=1S/C17H21NO4/c1-4-6-9-22-15-8-7-13(11-16(15)20-3)10-14(12-18)17(19)21-5-2/h7-8,10-11H,4-6,9H2,1-3H3/b14-10-. The number of methoxy groups -OCH3 is 1. The molecule has 0 aliphatic rings. The summed E-state index contributed by atoms with van der Waals surface area (Å²) in [6, 6.07) is 7.09. The molecular formula is C17H21NO4. The van der Waals surface area contributed by atoms with Crippen molar-refractivity contribution in [3.8, 4) is 17.6 Å². The Morgan fingerprint density at radius 3 is 2.68 bits per heavy atom. The molecular weight excluding hydrogens is 282 g/mol. The maximum Gasteiger partial charge on any atom is 0.348 e. The number of carbonyl (C=O) groups is 1. The van der Waals surface area contributed by atoms with Crippen LogP contribution < -0.4 is 9.47 Å². The van der Waals surface area contributed by atoms with Crippen LogP contribution >= 0.6 is 0 Å². The van der Waals surface area contributed by atoms with Crippen LogP contribution in [-0.4, -0.2) is 26.3 Å². The zero-order valence-electron chi connectivity index (χ0n) is 13.2. The molecule has 0 amide bonds. The van der Waals surface area contributed by atoms with Crippen LogP contribution in [0.25, 0.3) is 6.08 Å². The molecule has 0 radical (unpaired) electrons. The lowest BCUT2D eigenvalue weighted by atomic mass is 10.1. The third-order valence-electron chi connectivity index (χ3n) is 2.87. The van der Waals surface area contributed by atoms with Crippen molar-refractivity contribution in [3.05, 3.63) is 29.3 Å². The predicted octanol–water partition coefficient (Wildman–Crippen LogP) is 3.34. The van der Waals surface area contributed by atoms with Crippen molar-refractivity contribution in [2.24, 2.45) is 0 Å². The number of rotatable bonds is 8. The second kappa shape index (κ2) is 9.46. The molecule has 0 spiro atoms. The largest absolute Gasteiger partial charge is 0.493 e. The summed E-state index contributed by atoms with van der Waals surface area (Å²) < 4.78 is 15.8. The van der Waals surface area contributed by atoms with E-state index in [1.165, 1.54) is 6.08 Å². The van der Waals surface area contributed by atoms with Gasteiger partial charge >= 0.3 is 5.97 Å². The van der Waals surface area contributed by atoms with Gasteiger partial charge in [0.15, 0.2) is 11.5 Å². The molecule has 5 heteroatoms. The fourth-order valence-electron chi connectivity index (χ4n) is 1.73. The lowest BCUT2D eigenvalue weighted by molar-refractivity contribution is -0.137. The fourth-order valence-corrected chi connectivity index (χ4v) is 1.73. The minimum absolute atomic E-state index is 0.0523. The molecule has 0 bridgehead atoms. The van der Waals surface area contributed by atoms with Crippen molar-refractivity contribution >= 4 is 12.0 Å². The monoisotopic (exact) mass is 303 g/mol. The molecule has 1 rings (SSSR count). The molecule has 0 saturated carbocycles. The quantitative estimate of drug-likeness (QED) is 0.319. The van der Waals surface area contributed by atoms with Crippen LogP contribution in [0, 0.1) is 11.3 Å². The molecule has 0 unspecified atom stereocenters. The second-order valence-electron chi connectivity index (χ2n) is 4.50. The molecule has 0 N–H and O–H groups in total. The van der Waals surface area contributed by atoms with Crippen LogP contribution in [0.5, 0.6) is 11.5 Å². The summed E-state index contributed by atoms with van der Waals surface area (Å²) in [5.41, 5.74) is 0.618. The minimum Gasteiger partial charge on any atom is -0.493 e. The topological polar surface area (TPSA) is 68.5 Å². The van der Waals surface area contributed by atoms with E-state index in [4.69, 9.17) is 19.5 Å². The second-order valence-corrected chi connectivity index (χ2v) is 4.50. The van der Waals surface area contributed by atoms with E-state index >= 15 is 0 Å². The van der Waals surface area contributed by atoms with Gasteiger partial charge in [0.05, 0.1) is 20.3 Å². The first-order valence-corrected chi connectivity index (χ1v) is 7.26. The van der Waals surface area contributed by atoms with E-state index < -0.39 is 5.97 Å². The SMILES string of the molecule is CCCCOc1ccc(/C=C(/C#N)C(=O)OCC)cc1OC. The van der Waals surface area contributed by atoms with Gasteiger partial charge < -0.3 is 14.2 Å². The van der Waals surface area contributed by atoms with Crippen molar-refractivity contribution < 1.29 is 19.0 Å². The van der Waals surface area contributed by atoms with E-state index in [0.29, 0.717) is 23.7 Å². The predicted molar refractivity (Wildman–Crippen MR) is 83.6 cm³/mol. The van der Waals surface area contributed by atoms with Crippen LogP contribution in [0.4, 0.5) is 0 Å². The Balaban J connectivity index is 2.97. The Hall–Kier alpha value is -2.48. The number of hydrogen-bond acceptors (Lipinski definition) is 5. The van der Waals surface area contributed by atoms with Gasteiger partial charge in [-0.05, 0) is 37.1 Å². The number of benzene rings is 1. The van der Waals surface area contributed by atoms with Gasteiger partial charge in [-0.3, -0.25) is 0 Å². The maximum atomic E-state index is 11.6. The smallest absolute Gasteiger partial charge is 0.348 e. The summed E-state index contributed by atoms with van der Waals surface area (Å²) in [5.74, 6) is 0.570. The molecule has 0 saturated heterocycles. The van der Waals surface area contributed by atoms with E-state index in [2.05, 4.69) is 6.92 Å². The normalized spacial score (nSPS) is 10.7. The molecule has 0 atom stereocenters. The number of nitriles is 1. The number of ether oxygens (including phenoxy) is 3. The van der Waals surface area contributed by atoms with Crippen LogP contribution in [0.2, 0.25) is 0 Å². The molecule has 0 aliphatic heterocycles. The molecule has 22 heavy (non-hydrogen) atoms. The van der Waals surface area contributed by atoms with Gasteiger partial charge in [0, 0.05) is 0 Å². The van der Waals surface area contributed by atoms with Crippen molar-refractivity contribution in [2.45, 2.75) is 26.7 Å². The van der Waals surface area contributed by atoms with Gasteiger partial charge in [0.1, 0.15) is 11.6 Å². The van der Waals surface area contributed by atoms with Crippen LogP contribution in [0.15, 0.2) is 23.8 Å². The Morgan fingerprint density at radius 1 is 1.32 bits per heavy atom. The molecule has 0 heterocycles. The Labute approximate surface area is 131 Å². The van der Waals surface area contributed by atoms with E-state index in [1.54, 1.807) is 32.2 Å². The zero-order valence-corrected chi connectivity index (χ0v) is 13.2. The summed E-state index contributed by atoms with van der Waals surface area (Å²) >= 11 is 0. The molecule has 0 fully saturated rings. The molecule has 118 valence electrons. The number of nitrogens with zero attached hydrogens (tertiary/aromatic N) is 1. The van der Waals surface area contributed by atoms with Gasteiger partial charge in [-0.15, -0.1) is 0 Å². The highest BCUT2D eigenvalue weighted by molar-refractivity contribution is 5.97.